The van der Waals surface area contributed by atoms with Crippen LogP contribution in [0.1, 0.15) is 19.8 Å². The first-order valence-electron chi connectivity index (χ1n) is 10.5. The zero-order valence-corrected chi connectivity index (χ0v) is 20.4. The van der Waals surface area contributed by atoms with E-state index in [1.165, 1.54) is 42.3 Å². The zero-order chi connectivity index (χ0) is 25.5. The average molecular weight is 525 g/mol. The van der Waals surface area contributed by atoms with Crippen molar-refractivity contribution in [1.82, 2.24) is 4.90 Å². The number of thioether (sulfide) groups is 2. The normalized spacial score (nSPS) is 16.7. The van der Waals surface area contributed by atoms with E-state index in [9.17, 15) is 28.5 Å². The Morgan fingerprint density at radius 1 is 1.31 bits per heavy atom. The van der Waals surface area contributed by atoms with Gasteiger partial charge in [-0.15, -0.1) is 0 Å². The predicted octanol–water partition coefficient (Wildman–Crippen LogP) is 5.29. The topological polar surface area (TPSA) is 114 Å². The van der Waals surface area contributed by atoms with Crippen molar-refractivity contribution in [3.05, 3.63) is 52.6 Å². The minimum Gasteiger partial charge on any atom is -0.496 e. The quantitative estimate of drug-likeness (QED) is 0.255. The molecular weight excluding hydrogens is 502 g/mol. The van der Waals surface area contributed by atoms with E-state index >= 15 is 0 Å². The van der Waals surface area contributed by atoms with E-state index in [1.54, 1.807) is 12.1 Å². The van der Waals surface area contributed by atoms with E-state index in [1.807, 2.05) is 6.92 Å². The number of nitrogens with one attached hydrogen (secondary N) is 1. The number of rotatable bonds is 10. The molecule has 1 N–H and O–H groups in total. The van der Waals surface area contributed by atoms with Gasteiger partial charge in [-0.25, -0.2) is 4.99 Å². The number of alkyl halides is 2. The number of hydrogen-bond donors (Lipinski definition) is 1. The molecule has 1 saturated heterocycles. The molecule has 1 aliphatic rings. The predicted molar refractivity (Wildman–Crippen MR) is 132 cm³/mol. The average Bonchev–Trinajstić information content (AvgIpc) is 3.09. The van der Waals surface area contributed by atoms with Crippen molar-refractivity contribution in [3.8, 4) is 5.75 Å². The maximum Gasteiger partial charge on any atom is 0.296 e. The summed E-state index contributed by atoms with van der Waals surface area (Å²) in [5.74, 6) is -3.11. The van der Waals surface area contributed by atoms with Crippen molar-refractivity contribution < 1.29 is 28.0 Å². The molecule has 3 rings (SSSR count). The molecule has 186 valence electrons. The van der Waals surface area contributed by atoms with Crippen molar-refractivity contribution in [3.63, 3.8) is 0 Å². The standard InChI is InChI=1S/C22H22F2N4O5S2/c1-3-10-27-20(30)18(35-22(27)25-13-4-7-15(8-5-13)34-21(23)24)12-19(29)26-16-9-6-14(33-2)11-17(16)28(31)32/h4-9,11,18,21H,3,10,12H2,1-2H3,(H,26,29). The van der Waals surface area contributed by atoms with Gasteiger partial charge in [-0.1, -0.05) is 30.4 Å². The number of methoxy groups -OCH3 is 1. The monoisotopic (exact) mass is 524 g/mol. The van der Waals surface area contributed by atoms with Gasteiger partial charge in [-0.3, -0.25) is 24.6 Å². The number of halogens is 2. The number of amides is 2. The van der Waals surface area contributed by atoms with Gasteiger partial charge in [-0.2, -0.15) is 8.78 Å². The number of ether oxygens (including phenoxy) is 1. The summed E-state index contributed by atoms with van der Waals surface area (Å²) >= 11 is 1.54. The Labute approximate surface area is 208 Å². The molecule has 9 nitrogen and oxygen atoms in total. The molecule has 1 fully saturated rings. The van der Waals surface area contributed by atoms with Gasteiger partial charge < -0.3 is 10.1 Å². The van der Waals surface area contributed by atoms with Crippen LogP contribution in [0.4, 0.5) is 25.8 Å². The third kappa shape index (κ3) is 6.92. The lowest BCUT2D eigenvalue weighted by atomic mass is 10.2. The number of carbonyl (C=O) groups excluding carboxylic acids is 2. The minimum atomic E-state index is -2.53. The summed E-state index contributed by atoms with van der Waals surface area (Å²) in [7, 11) is 1.37. The molecule has 13 heteroatoms. The molecule has 2 amide bonds. The first-order chi connectivity index (χ1) is 16.7. The van der Waals surface area contributed by atoms with Gasteiger partial charge in [0.2, 0.25) is 11.8 Å². The first-order valence-corrected chi connectivity index (χ1v) is 12.2. The summed E-state index contributed by atoms with van der Waals surface area (Å²) in [6.07, 6.45) is 0.447. The Bertz CT molecular complexity index is 1130. The van der Waals surface area contributed by atoms with Crippen LogP contribution in [-0.2, 0) is 9.59 Å². The van der Waals surface area contributed by atoms with E-state index in [-0.39, 0.29) is 29.5 Å². The lowest BCUT2D eigenvalue weighted by molar-refractivity contribution is -0.384. The largest absolute Gasteiger partial charge is 0.496 e. The number of nitro groups is 1. The Morgan fingerprint density at radius 2 is 2.03 bits per heavy atom. The molecule has 2 aromatic carbocycles. The van der Waals surface area contributed by atoms with Gasteiger partial charge in [-0.05, 0) is 42.8 Å². The molecule has 0 aliphatic carbocycles. The number of benzene rings is 2. The van der Waals surface area contributed by atoms with Crippen molar-refractivity contribution in [2.45, 2.75) is 35.7 Å². The summed E-state index contributed by atoms with van der Waals surface area (Å²) in [5, 5.41) is 13.5. The highest BCUT2D eigenvalue weighted by atomic mass is 32.2. The Morgan fingerprint density at radius 3 is 2.63 bits per heavy atom. The number of carbonyl (C=O) groups is 2. The molecule has 0 radical (unpaired) electrons. The molecule has 1 atom stereocenters. The Kier molecular flexibility index (Phi) is 9.04. The Hall–Kier alpha value is -3.19. The molecule has 0 aromatic heterocycles. The fourth-order valence-electron chi connectivity index (χ4n) is 3.23. The van der Waals surface area contributed by atoms with Gasteiger partial charge in [0.05, 0.1) is 23.8 Å². The summed E-state index contributed by atoms with van der Waals surface area (Å²) in [6, 6.07) is 10.3. The van der Waals surface area contributed by atoms with Gasteiger partial charge >= 0.3 is 0 Å². The second-order valence-corrected chi connectivity index (χ2v) is 9.49. The van der Waals surface area contributed by atoms with E-state index in [4.69, 9.17) is 4.74 Å². The minimum absolute atomic E-state index is 0.00249. The summed E-state index contributed by atoms with van der Waals surface area (Å²) < 4.78 is 30.0. The van der Waals surface area contributed by atoms with Crippen LogP contribution in [0.5, 0.6) is 5.75 Å². The highest BCUT2D eigenvalue weighted by Crippen LogP contribution is 2.34. The molecule has 0 saturated carbocycles. The van der Waals surface area contributed by atoms with Crippen LogP contribution in [0, 0.1) is 10.1 Å². The third-order valence-corrected chi connectivity index (χ3v) is 6.70. The zero-order valence-electron chi connectivity index (χ0n) is 18.8. The van der Waals surface area contributed by atoms with Crippen LogP contribution in [-0.4, -0.2) is 51.5 Å². The van der Waals surface area contributed by atoms with Gasteiger partial charge in [0.1, 0.15) is 16.7 Å². The lowest BCUT2D eigenvalue weighted by Gasteiger charge is -2.15. The smallest absolute Gasteiger partial charge is 0.296 e. The molecule has 2 aromatic rings. The summed E-state index contributed by atoms with van der Waals surface area (Å²) in [5.41, 5.74) is 0.155. The number of aliphatic imine (C=N–C) groups is 1. The molecular formula is C22H22F2N4O5S2. The SMILES string of the molecule is CCCN1C(=O)C(CC(=O)Nc2ccc(OC)cc2[N+](=O)[O-])SC1=Nc1ccc(SC(F)F)cc1. The second-order valence-electron chi connectivity index (χ2n) is 7.26. The number of amidine groups is 1. The highest BCUT2D eigenvalue weighted by Gasteiger charge is 2.39. The van der Waals surface area contributed by atoms with Crippen molar-refractivity contribution in [2.24, 2.45) is 4.99 Å². The van der Waals surface area contributed by atoms with Gasteiger partial charge in [0, 0.05) is 17.9 Å². The number of nitrogens with zero attached hydrogens (tertiary/aromatic N) is 3. The van der Waals surface area contributed by atoms with E-state index in [0.29, 0.717) is 40.5 Å². The maximum atomic E-state index is 13.0. The molecule has 0 spiro atoms. The number of nitro benzene ring substituents is 1. The molecule has 1 unspecified atom stereocenters. The van der Waals surface area contributed by atoms with E-state index < -0.39 is 21.8 Å². The van der Waals surface area contributed by atoms with Gasteiger partial charge in [0.25, 0.3) is 11.4 Å². The van der Waals surface area contributed by atoms with Crippen LogP contribution in [0.2, 0.25) is 0 Å². The fraction of sp³-hybridized carbons (Fsp3) is 0.318. The molecule has 0 bridgehead atoms. The first kappa shape index (κ1) is 26.4. The summed E-state index contributed by atoms with van der Waals surface area (Å²) in [4.78, 5) is 42.7. The van der Waals surface area contributed by atoms with Crippen LogP contribution < -0.4 is 10.1 Å². The van der Waals surface area contributed by atoms with Crippen molar-refractivity contribution in [1.29, 1.82) is 0 Å². The lowest BCUT2D eigenvalue weighted by Crippen LogP contribution is -2.34. The van der Waals surface area contributed by atoms with Gasteiger partial charge in [0.15, 0.2) is 5.17 Å². The highest BCUT2D eigenvalue weighted by molar-refractivity contribution is 8.15. The van der Waals surface area contributed by atoms with E-state index in [0.717, 1.165) is 11.8 Å². The molecule has 1 heterocycles. The third-order valence-electron chi connectivity index (χ3n) is 4.80. The maximum absolute atomic E-state index is 13.0. The van der Waals surface area contributed by atoms with Crippen LogP contribution in [0.15, 0.2) is 52.4 Å². The van der Waals surface area contributed by atoms with Crippen molar-refractivity contribution in [2.75, 3.05) is 19.0 Å². The summed E-state index contributed by atoms with van der Waals surface area (Å²) in [6.45, 7) is 2.29. The van der Waals surface area contributed by atoms with E-state index in [2.05, 4.69) is 10.3 Å². The Balaban J connectivity index is 1.74. The van der Waals surface area contributed by atoms with Crippen LogP contribution >= 0.6 is 23.5 Å². The number of anilines is 1. The van der Waals surface area contributed by atoms with Crippen molar-refractivity contribution >= 4 is 57.6 Å². The van der Waals surface area contributed by atoms with Crippen LogP contribution in [0.25, 0.3) is 0 Å². The molecule has 1 aliphatic heterocycles. The number of hydrogen-bond acceptors (Lipinski definition) is 8. The molecule has 35 heavy (non-hydrogen) atoms. The second kappa shape index (κ2) is 12.0. The van der Waals surface area contributed by atoms with Crippen LogP contribution in [0.3, 0.4) is 0 Å². The fourth-order valence-corrected chi connectivity index (χ4v) is 4.91.